The molecule has 2 rings (SSSR count). The van der Waals surface area contributed by atoms with Crippen molar-refractivity contribution in [2.75, 3.05) is 55.5 Å². The fraction of sp³-hybridized carbons (Fsp3) is 0.600. The molecule has 0 aliphatic heterocycles. The fourth-order valence-corrected chi connectivity index (χ4v) is 7.37. The van der Waals surface area contributed by atoms with Gasteiger partial charge in [0.25, 0.3) is 0 Å². The molecule has 39 heavy (non-hydrogen) atoms. The van der Waals surface area contributed by atoms with E-state index in [4.69, 9.17) is 18.5 Å². The maximum atomic E-state index is 14.2. The molecule has 0 heterocycles. The number of rotatable bonds is 16. The van der Waals surface area contributed by atoms with Crippen molar-refractivity contribution in [1.82, 2.24) is 9.80 Å². The smallest absolute Gasteiger partial charge is 0.473 e. The van der Waals surface area contributed by atoms with E-state index in [-0.39, 0.29) is 11.8 Å². The quantitative estimate of drug-likeness (QED) is 0.244. The molecular formula is C30H49N2O6P. The van der Waals surface area contributed by atoms with Gasteiger partial charge < -0.3 is 24.2 Å². The van der Waals surface area contributed by atoms with Crippen LogP contribution in [0.3, 0.4) is 0 Å². The molecule has 0 saturated carbocycles. The van der Waals surface area contributed by atoms with Gasteiger partial charge in [0, 0.05) is 24.9 Å². The molecule has 0 spiro atoms. The van der Waals surface area contributed by atoms with Gasteiger partial charge in [-0.2, -0.15) is 0 Å². The molecule has 2 aromatic carbocycles. The standard InChI is InChI=1S/C30H49N2O6P/c1-11-29(23(3)21-31(5)6,25-15-13-17-27(19-25)35-9)37-39(33,34)38-30(12-2,24(4)22-32(7)8)26-16-14-18-28(20-26)36-10/h13-20,23-24H,11-12,21-22H2,1-10H3,(H,33,34)/t23-,24-,29+,30+/m0/s1. The van der Waals surface area contributed by atoms with Crippen LogP contribution in [-0.4, -0.2) is 70.2 Å². The number of phosphoric ester groups is 1. The van der Waals surface area contributed by atoms with Crippen molar-refractivity contribution in [3.8, 4) is 11.5 Å². The van der Waals surface area contributed by atoms with Crippen molar-refractivity contribution in [2.45, 2.75) is 51.7 Å². The molecule has 9 heteroatoms. The second-order valence-electron chi connectivity index (χ2n) is 10.9. The highest BCUT2D eigenvalue weighted by Crippen LogP contribution is 2.60. The van der Waals surface area contributed by atoms with Gasteiger partial charge in [-0.25, -0.2) is 4.57 Å². The number of nitrogens with zero attached hydrogens (tertiary/aromatic N) is 2. The second-order valence-corrected chi connectivity index (χ2v) is 12.2. The third kappa shape index (κ3) is 8.06. The first-order valence-electron chi connectivity index (χ1n) is 13.6. The minimum Gasteiger partial charge on any atom is -0.497 e. The number of hydrogen-bond donors (Lipinski definition) is 1. The summed E-state index contributed by atoms with van der Waals surface area (Å²) in [6.07, 6.45) is 0.906. The van der Waals surface area contributed by atoms with Crippen LogP contribution >= 0.6 is 7.82 Å². The van der Waals surface area contributed by atoms with Gasteiger partial charge in [0.05, 0.1) is 14.2 Å². The second kappa shape index (κ2) is 14.1. The zero-order valence-electron chi connectivity index (χ0n) is 25.4. The Hall–Kier alpha value is -1.93. The number of hydrogen-bond acceptors (Lipinski definition) is 7. The largest absolute Gasteiger partial charge is 0.497 e. The van der Waals surface area contributed by atoms with Crippen LogP contribution in [0.5, 0.6) is 11.5 Å². The zero-order valence-corrected chi connectivity index (χ0v) is 26.3. The highest BCUT2D eigenvalue weighted by Gasteiger charge is 2.50. The first kappa shape index (κ1) is 33.3. The lowest BCUT2D eigenvalue weighted by atomic mass is 9.80. The van der Waals surface area contributed by atoms with Crippen molar-refractivity contribution in [1.29, 1.82) is 0 Å². The van der Waals surface area contributed by atoms with E-state index in [0.717, 1.165) is 11.1 Å². The SMILES string of the molecule is CC[C@](OP(=O)(O)O[C@@](CC)(c1cccc(OC)c1)[C@@H](C)CN(C)C)(c1cccc(OC)c1)[C@@H](C)CN(C)C. The summed E-state index contributed by atoms with van der Waals surface area (Å²) in [5.41, 5.74) is -0.688. The predicted molar refractivity (Wildman–Crippen MR) is 157 cm³/mol. The first-order valence-corrected chi connectivity index (χ1v) is 15.1. The summed E-state index contributed by atoms with van der Waals surface area (Å²) in [7, 11) is 6.46. The Morgan fingerprint density at radius 2 is 1.13 bits per heavy atom. The monoisotopic (exact) mass is 564 g/mol. The summed E-state index contributed by atoms with van der Waals surface area (Å²) in [6, 6.07) is 15.0. The number of phosphoric acid groups is 1. The third-order valence-corrected chi connectivity index (χ3v) is 8.71. The summed E-state index contributed by atoms with van der Waals surface area (Å²) in [4.78, 5) is 15.7. The van der Waals surface area contributed by atoms with Crippen molar-refractivity contribution in [3.05, 3.63) is 59.7 Å². The molecule has 0 amide bonds. The first-order chi connectivity index (χ1) is 18.3. The topological polar surface area (TPSA) is 80.7 Å². The molecule has 4 atom stereocenters. The van der Waals surface area contributed by atoms with Crippen LogP contribution in [0.1, 0.15) is 51.7 Å². The minimum absolute atomic E-state index is 0.152. The van der Waals surface area contributed by atoms with Crippen LogP contribution in [0.2, 0.25) is 0 Å². The Labute approximate surface area is 235 Å². The van der Waals surface area contributed by atoms with E-state index >= 15 is 0 Å². The predicted octanol–water partition coefficient (Wildman–Crippen LogP) is 6.14. The number of methoxy groups -OCH3 is 2. The van der Waals surface area contributed by atoms with Gasteiger partial charge in [0.2, 0.25) is 0 Å². The summed E-state index contributed by atoms with van der Waals surface area (Å²) in [6.45, 7) is 9.28. The fourth-order valence-electron chi connectivity index (χ4n) is 5.68. The maximum Gasteiger partial charge on any atom is 0.473 e. The average Bonchev–Trinajstić information content (AvgIpc) is 2.89. The van der Waals surface area contributed by atoms with Gasteiger partial charge in [-0.3, -0.25) is 9.05 Å². The van der Waals surface area contributed by atoms with E-state index in [0.29, 0.717) is 37.4 Å². The van der Waals surface area contributed by atoms with Crippen LogP contribution in [-0.2, 0) is 24.8 Å². The van der Waals surface area contributed by atoms with E-state index in [1.807, 2.05) is 114 Å². The van der Waals surface area contributed by atoms with E-state index < -0.39 is 19.0 Å². The Kier molecular flexibility index (Phi) is 12.0. The zero-order chi connectivity index (χ0) is 29.4. The molecule has 2 aromatic rings. The summed E-state index contributed by atoms with van der Waals surface area (Å²) in [5, 5.41) is 0. The Morgan fingerprint density at radius 1 is 0.769 bits per heavy atom. The Bertz CT molecular complexity index is 1020. The van der Waals surface area contributed by atoms with E-state index in [2.05, 4.69) is 0 Å². The highest BCUT2D eigenvalue weighted by molar-refractivity contribution is 7.47. The van der Waals surface area contributed by atoms with Gasteiger partial charge in [0.15, 0.2) is 0 Å². The molecule has 8 nitrogen and oxygen atoms in total. The average molecular weight is 565 g/mol. The lowest BCUT2D eigenvalue weighted by Crippen LogP contribution is -2.43. The molecule has 0 aliphatic carbocycles. The van der Waals surface area contributed by atoms with Gasteiger partial charge in [0.1, 0.15) is 22.7 Å². The highest BCUT2D eigenvalue weighted by atomic mass is 31.2. The van der Waals surface area contributed by atoms with Crippen LogP contribution in [0.25, 0.3) is 0 Å². The van der Waals surface area contributed by atoms with Crippen molar-refractivity contribution >= 4 is 7.82 Å². The molecule has 0 aliphatic rings. The minimum atomic E-state index is -4.66. The van der Waals surface area contributed by atoms with E-state index in [1.54, 1.807) is 14.2 Å². The normalized spacial score (nSPS) is 16.9. The number of benzene rings is 2. The molecule has 0 fully saturated rings. The van der Waals surface area contributed by atoms with Crippen LogP contribution < -0.4 is 9.47 Å². The summed E-state index contributed by atoms with van der Waals surface area (Å²) >= 11 is 0. The van der Waals surface area contributed by atoms with Crippen LogP contribution in [0, 0.1) is 11.8 Å². The Balaban J connectivity index is 2.67. The van der Waals surface area contributed by atoms with Crippen LogP contribution in [0.4, 0.5) is 0 Å². The third-order valence-electron chi connectivity index (χ3n) is 7.59. The molecule has 0 unspecified atom stereocenters. The van der Waals surface area contributed by atoms with Crippen molar-refractivity contribution < 1.29 is 28.0 Å². The van der Waals surface area contributed by atoms with Gasteiger partial charge in [-0.15, -0.1) is 0 Å². The van der Waals surface area contributed by atoms with E-state index in [1.165, 1.54) is 0 Å². The summed E-state index contributed by atoms with van der Waals surface area (Å²) < 4.78 is 37.9. The van der Waals surface area contributed by atoms with Gasteiger partial charge in [-0.1, -0.05) is 52.0 Å². The van der Waals surface area contributed by atoms with Crippen molar-refractivity contribution in [2.24, 2.45) is 11.8 Å². The summed E-state index contributed by atoms with van der Waals surface area (Å²) in [5.74, 6) is 0.999. The molecule has 0 radical (unpaired) electrons. The Morgan fingerprint density at radius 3 is 1.41 bits per heavy atom. The molecule has 1 N–H and O–H groups in total. The molecule has 0 aromatic heterocycles. The molecule has 220 valence electrons. The van der Waals surface area contributed by atoms with Gasteiger partial charge in [-0.05, 0) is 76.4 Å². The molecular weight excluding hydrogens is 515 g/mol. The van der Waals surface area contributed by atoms with Gasteiger partial charge >= 0.3 is 7.82 Å². The van der Waals surface area contributed by atoms with E-state index in [9.17, 15) is 9.46 Å². The lowest BCUT2D eigenvalue weighted by molar-refractivity contribution is -0.0797. The number of ether oxygens (including phenoxy) is 2. The molecule has 0 saturated heterocycles. The lowest BCUT2D eigenvalue weighted by Gasteiger charge is -2.44. The van der Waals surface area contributed by atoms with Crippen molar-refractivity contribution in [3.63, 3.8) is 0 Å². The van der Waals surface area contributed by atoms with Crippen LogP contribution in [0.15, 0.2) is 48.5 Å². The molecule has 0 bridgehead atoms. The maximum absolute atomic E-state index is 14.2.